The van der Waals surface area contributed by atoms with Crippen molar-refractivity contribution in [1.29, 1.82) is 0 Å². The lowest BCUT2D eigenvalue weighted by Crippen LogP contribution is -2.10. The highest BCUT2D eigenvalue weighted by Gasteiger charge is 2.35. The molecule has 0 radical (unpaired) electrons. The van der Waals surface area contributed by atoms with Crippen LogP contribution in [-0.2, 0) is 6.18 Å². The van der Waals surface area contributed by atoms with E-state index in [0.717, 1.165) is 6.07 Å². The summed E-state index contributed by atoms with van der Waals surface area (Å²) in [7, 11) is 1.46. The normalized spacial score (nSPS) is 11.4. The Kier molecular flexibility index (Phi) is 5.31. The molecule has 6 nitrogen and oxygen atoms in total. The number of rotatable bonds is 6. The summed E-state index contributed by atoms with van der Waals surface area (Å²) in [5.74, 6) is 0.933. The maximum absolute atomic E-state index is 13.2. The summed E-state index contributed by atoms with van der Waals surface area (Å²) in [4.78, 5) is 4.03. The van der Waals surface area contributed by atoms with Crippen LogP contribution in [0.2, 0.25) is 0 Å². The van der Waals surface area contributed by atoms with Gasteiger partial charge in [0.25, 0.3) is 0 Å². The van der Waals surface area contributed by atoms with Crippen molar-refractivity contribution < 1.29 is 22.6 Å². The summed E-state index contributed by atoms with van der Waals surface area (Å²) in [6, 6.07) is 10.8. The van der Waals surface area contributed by atoms with Crippen molar-refractivity contribution in [3.05, 3.63) is 54.4 Å². The molecule has 0 atom stereocenters. The van der Waals surface area contributed by atoms with E-state index in [0.29, 0.717) is 36.0 Å². The van der Waals surface area contributed by atoms with Gasteiger partial charge >= 0.3 is 6.18 Å². The summed E-state index contributed by atoms with van der Waals surface area (Å²) in [5.41, 5.74) is 5.61. The molecule has 0 amide bonds. The fourth-order valence-electron chi connectivity index (χ4n) is 2.44. The number of benzene rings is 1. The number of aromatic nitrogens is 3. The molecule has 0 aliphatic rings. The molecule has 0 bridgehead atoms. The minimum atomic E-state index is -4.57. The van der Waals surface area contributed by atoms with Crippen molar-refractivity contribution in [1.82, 2.24) is 14.8 Å². The molecule has 2 N–H and O–H groups in total. The van der Waals surface area contributed by atoms with Crippen molar-refractivity contribution in [3.63, 3.8) is 0 Å². The van der Waals surface area contributed by atoms with E-state index in [9.17, 15) is 13.2 Å². The lowest BCUT2D eigenvalue weighted by molar-refractivity contribution is -0.141. The van der Waals surface area contributed by atoms with Crippen LogP contribution in [0.5, 0.6) is 11.6 Å². The fourth-order valence-corrected chi connectivity index (χ4v) is 2.44. The second-order valence-corrected chi connectivity index (χ2v) is 5.54. The molecule has 0 saturated heterocycles. The summed E-state index contributed by atoms with van der Waals surface area (Å²) >= 11 is 0. The number of hydrogen-bond donors (Lipinski definition) is 1. The Balaban J connectivity index is 2.03. The van der Waals surface area contributed by atoms with Crippen LogP contribution in [0.1, 0.15) is 5.69 Å². The molecule has 0 spiro atoms. The molecule has 0 unspecified atom stereocenters. The average Bonchev–Trinajstić information content (AvgIpc) is 3.13. The van der Waals surface area contributed by atoms with Crippen molar-refractivity contribution >= 4 is 0 Å². The van der Waals surface area contributed by atoms with Gasteiger partial charge in [-0.05, 0) is 36.4 Å². The summed E-state index contributed by atoms with van der Waals surface area (Å²) in [5, 5.41) is 3.72. The SMILES string of the molecule is COc1ccc(-n2nc(C(F)(F)F)cc2-c2ccc(OCCN)cc2)cn1. The molecule has 0 aliphatic heterocycles. The first kappa shape index (κ1) is 18.7. The maximum atomic E-state index is 13.2. The molecule has 0 aliphatic carbocycles. The maximum Gasteiger partial charge on any atom is 0.435 e. The Hall–Kier alpha value is -3.07. The average molecular weight is 378 g/mol. The van der Waals surface area contributed by atoms with Crippen molar-refractivity contribution in [3.8, 4) is 28.6 Å². The minimum absolute atomic E-state index is 0.277. The highest BCUT2D eigenvalue weighted by atomic mass is 19.4. The predicted molar refractivity (Wildman–Crippen MR) is 92.9 cm³/mol. The number of methoxy groups -OCH3 is 1. The van der Waals surface area contributed by atoms with E-state index in [1.807, 2.05) is 0 Å². The first-order valence-corrected chi connectivity index (χ1v) is 8.03. The lowest BCUT2D eigenvalue weighted by Gasteiger charge is -2.09. The van der Waals surface area contributed by atoms with E-state index in [1.54, 1.807) is 36.4 Å². The largest absolute Gasteiger partial charge is 0.492 e. The molecule has 3 aromatic rings. The standard InChI is InChI=1S/C18H17F3N4O2/c1-26-17-7-4-13(11-23-17)25-15(10-16(24-25)18(19,20)21)12-2-5-14(6-3-12)27-9-8-22/h2-7,10-11H,8-9,22H2,1H3. The van der Waals surface area contributed by atoms with Gasteiger partial charge in [-0.2, -0.15) is 18.3 Å². The zero-order valence-electron chi connectivity index (χ0n) is 14.4. The van der Waals surface area contributed by atoms with Crippen LogP contribution in [0.3, 0.4) is 0 Å². The molecule has 1 aromatic carbocycles. The third kappa shape index (κ3) is 4.20. The van der Waals surface area contributed by atoms with Crippen molar-refractivity contribution in [2.24, 2.45) is 5.73 Å². The van der Waals surface area contributed by atoms with E-state index in [-0.39, 0.29) is 5.69 Å². The van der Waals surface area contributed by atoms with Crippen LogP contribution in [0.25, 0.3) is 16.9 Å². The van der Waals surface area contributed by atoms with Gasteiger partial charge in [-0.1, -0.05) is 0 Å². The summed E-state index contributed by atoms with van der Waals surface area (Å²) in [6.45, 7) is 0.723. The molecular weight excluding hydrogens is 361 g/mol. The Labute approximate surface area is 153 Å². The molecule has 2 heterocycles. The Morgan fingerprint density at radius 3 is 2.41 bits per heavy atom. The highest BCUT2D eigenvalue weighted by molar-refractivity contribution is 5.63. The van der Waals surface area contributed by atoms with Gasteiger partial charge in [0.15, 0.2) is 5.69 Å². The molecule has 2 aromatic heterocycles. The number of hydrogen-bond acceptors (Lipinski definition) is 5. The van der Waals surface area contributed by atoms with Crippen molar-refractivity contribution in [2.75, 3.05) is 20.3 Å². The van der Waals surface area contributed by atoms with Gasteiger partial charge < -0.3 is 15.2 Å². The Bertz CT molecular complexity index is 890. The predicted octanol–water partition coefficient (Wildman–Crippen LogP) is 3.30. The monoisotopic (exact) mass is 378 g/mol. The second kappa shape index (κ2) is 7.67. The summed E-state index contributed by atoms with van der Waals surface area (Å²) < 4.78 is 51.1. The topological polar surface area (TPSA) is 75.2 Å². The first-order chi connectivity index (χ1) is 12.9. The summed E-state index contributed by atoms with van der Waals surface area (Å²) in [6.07, 6.45) is -3.17. The van der Waals surface area contributed by atoms with Crippen LogP contribution >= 0.6 is 0 Å². The van der Waals surface area contributed by atoms with Crippen LogP contribution in [0, 0.1) is 0 Å². The quantitative estimate of drug-likeness (QED) is 0.712. The van der Waals surface area contributed by atoms with Crippen LogP contribution in [-0.4, -0.2) is 35.0 Å². The first-order valence-electron chi connectivity index (χ1n) is 8.03. The van der Waals surface area contributed by atoms with Crippen LogP contribution in [0.15, 0.2) is 48.7 Å². The number of pyridine rings is 1. The van der Waals surface area contributed by atoms with Crippen LogP contribution in [0.4, 0.5) is 13.2 Å². The molecule has 0 saturated carbocycles. The van der Waals surface area contributed by atoms with Gasteiger partial charge in [0.2, 0.25) is 5.88 Å². The van der Waals surface area contributed by atoms with E-state index >= 15 is 0 Å². The van der Waals surface area contributed by atoms with Gasteiger partial charge in [0.1, 0.15) is 12.4 Å². The fraction of sp³-hybridized carbons (Fsp3) is 0.222. The second-order valence-electron chi connectivity index (χ2n) is 5.54. The van der Waals surface area contributed by atoms with Gasteiger partial charge in [-0.3, -0.25) is 0 Å². The van der Waals surface area contributed by atoms with Crippen LogP contribution < -0.4 is 15.2 Å². The van der Waals surface area contributed by atoms with E-state index < -0.39 is 11.9 Å². The number of ether oxygens (including phenoxy) is 2. The zero-order chi connectivity index (χ0) is 19.4. The molecule has 3 rings (SSSR count). The molecular formula is C18H17F3N4O2. The Morgan fingerprint density at radius 1 is 1.11 bits per heavy atom. The van der Waals surface area contributed by atoms with Gasteiger partial charge in [0.05, 0.1) is 24.7 Å². The number of nitrogens with zero attached hydrogens (tertiary/aromatic N) is 3. The Morgan fingerprint density at radius 2 is 1.85 bits per heavy atom. The van der Waals surface area contributed by atoms with Crippen molar-refractivity contribution in [2.45, 2.75) is 6.18 Å². The van der Waals surface area contributed by atoms with Gasteiger partial charge in [-0.15, -0.1) is 0 Å². The minimum Gasteiger partial charge on any atom is -0.492 e. The van der Waals surface area contributed by atoms with E-state index in [4.69, 9.17) is 15.2 Å². The molecule has 0 fully saturated rings. The van der Waals surface area contributed by atoms with E-state index in [1.165, 1.54) is 18.0 Å². The molecule has 27 heavy (non-hydrogen) atoms. The lowest BCUT2D eigenvalue weighted by atomic mass is 10.1. The smallest absolute Gasteiger partial charge is 0.435 e. The molecule has 142 valence electrons. The number of nitrogens with two attached hydrogens (primary N) is 1. The third-order valence-electron chi connectivity index (χ3n) is 3.71. The zero-order valence-corrected chi connectivity index (χ0v) is 14.4. The van der Waals surface area contributed by atoms with Gasteiger partial charge in [-0.25, -0.2) is 9.67 Å². The third-order valence-corrected chi connectivity index (χ3v) is 3.71. The highest BCUT2D eigenvalue weighted by Crippen LogP contribution is 2.33. The number of halogens is 3. The molecule has 9 heteroatoms. The van der Waals surface area contributed by atoms with E-state index in [2.05, 4.69) is 10.1 Å². The van der Waals surface area contributed by atoms with Gasteiger partial charge in [0, 0.05) is 18.2 Å². The number of alkyl halides is 3.